The molecule has 4 rings (SSSR count). The van der Waals surface area contributed by atoms with Crippen molar-refractivity contribution in [2.45, 2.75) is 25.8 Å². The number of H-pyrrole nitrogens is 1. The van der Waals surface area contributed by atoms with Crippen molar-refractivity contribution in [3.05, 3.63) is 77.6 Å². The number of benzene rings is 2. The van der Waals surface area contributed by atoms with Crippen molar-refractivity contribution >= 4 is 16.9 Å². The van der Waals surface area contributed by atoms with Crippen molar-refractivity contribution in [3.63, 3.8) is 0 Å². The Hall–Kier alpha value is -3.55. The SMILES string of the molecule is C[C@@H](c1ccccc1F)n1cc(C(=O)NCCCc2nc3ccccc3[nH]2)nn1. The highest BCUT2D eigenvalue weighted by molar-refractivity contribution is 5.91. The molecule has 4 aromatic rings. The third kappa shape index (κ3) is 4.16. The standard InChI is InChI=1S/C21H21FN6O/c1-14(15-7-2-3-8-16(15)22)28-13-19(26-27-28)21(29)23-12-6-11-20-24-17-9-4-5-10-18(17)25-20/h2-5,7-10,13-14H,6,11-12H2,1H3,(H,23,29)(H,24,25)/t14-/m0/s1. The van der Waals surface area contributed by atoms with E-state index in [0.29, 0.717) is 12.1 Å². The number of nitrogens with zero attached hydrogens (tertiary/aromatic N) is 4. The van der Waals surface area contributed by atoms with Gasteiger partial charge in [0.05, 0.1) is 23.3 Å². The van der Waals surface area contributed by atoms with Crippen LogP contribution in [0.2, 0.25) is 0 Å². The summed E-state index contributed by atoms with van der Waals surface area (Å²) in [7, 11) is 0. The highest BCUT2D eigenvalue weighted by Gasteiger charge is 2.17. The Bertz CT molecular complexity index is 1100. The van der Waals surface area contributed by atoms with Gasteiger partial charge in [-0.25, -0.2) is 14.1 Å². The van der Waals surface area contributed by atoms with E-state index in [0.717, 1.165) is 29.7 Å². The van der Waals surface area contributed by atoms with Gasteiger partial charge in [0.2, 0.25) is 0 Å². The molecule has 8 heteroatoms. The lowest BCUT2D eigenvalue weighted by molar-refractivity contribution is 0.0948. The molecule has 2 N–H and O–H groups in total. The van der Waals surface area contributed by atoms with Gasteiger partial charge >= 0.3 is 0 Å². The minimum atomic E-state index is -0.363. The molecule has 0 saturated carbocycles. The Balaban J connectivity index is 1.30. The lowest BCUT2D eigenvalue weighted by Gasteiger charge is -2.12. The summed E-state index contributed by atoms with van der Waals surface area (Å²) in [5, 5.41) is 10.7. The minimum absolute atomic E-state index is 0.205. The van der Waals surface area contributed by atoms with Crippen molar-refractivity contribution in [1.29, 1.82) is 0 Å². The Morgan fingerprint density at radius 3 is 2.83 bits per heavy atom. The van der Waals surface area contributed by atoms with E-state index >= 15 is 0 Å². The maximum Gasteiger partial charge on any atom is 0.273 e. The number of amides is 1. The molecule has 0 saturated heterocycles. The molecule has 2 aromatic carbocycles. The molecular formula is C21H21FN6O. The number of para-hydroxylation sites is 2. The first-order valence-electron chi connectivity index (χ1n) is 9.50. The molecule has 1 atom stereocenters. The van der Waals surface area contributed by atoms with Gasteiger partial charge in [0.1, 0.15) is 11.6 Å². The Morgan fingerprint density at radius 1 is 1.21 bits per heavy atom. The summed E-state index contributed by atoms with van der Waals surface area (Å²) in [4.78, 5) is 20.1. The van der Waals surface area contributed by atoms with Crippen molar-refractivity contribution in [2.24, 2.45) is 0 Å². The topological polar surface area (TPSA) is 88.5 Å². The van der Waals surface area contributed by atoms with Crippen LogP contribution in [0.4, 0.5) is 4.39 Å². The predicted molar refractivity (Wildman–Crippen MR) is 107 cm³/mol. The molecular weight excluding hydrogens is 371 g/mol. The number of nitrogens with one attached hydrogen (secondary N) is 2. The number of hydrogen-bond acceptors (Lipinski definition) is 4. The molecule has 2 aromatic heterocycles. The maximum absolute atomic E-state index is 14.0. The Morgan fingerprint density at radius 2 is 2.00 bits per heavy atom. The van der Waals surface area contributed by atoms with Crippen LogP contribution in [0.1, 0.15) is 41.3 Å². The van der Waals surface area contributed by atoms with E-state index in [2.05, 4.69) is 25.6 Å². The Kier molecular flexibility index (Phi) is 5.33. The van der Waals surface area contributed by atoms with Crippen LogP contribution in [0.5, 0.6) is 0 Å². The molecule has 0 aliphatic carbocycles. The number of hydrogen-bond donors (Lipinski definition) is 2. The molecule has 148 valence electrons. The van der Waals surface area contributed by atoms with Crippen molar-refractivity contribution in [3.8, 4) is 0 Å². The molecule has 0 unspecified atom stereocenters. The van der Waals surface area contributed by atoms with Crippen LogP contribution < -0.4 is 5.32 Å². The van der Waals surface area contributed by atoms with E-state index in [4.69, 9.17) is 0 Å². The first kappa shape index (κ1) is 18.8. The largest absolute Gasteiger partial charge is 0.351 e. The summed E-state index contributed by atoms with van der Waals surface area (Å²) >= 11 is 0. The molecule has 0 radical (unpaired) electrons. The van der Waals surface area contributed by atoms with E-state index < -0.39 is 0 Å². The number of imidazole rings is 1. The average Bonchev–Trinajstić information content (AvgIpc) is 3.38. The average molecular weight is 392 g/mol. The van der Waals surface area contributed by atoms with Gasteiger partial charge in [0.25, 0.3) is 5.91 Å². The smallest absolute Gasteiger partial charge is 0.273 e. The molecule has 0 spiro atoms. The molecule has 0 aliphatic heterocycles. The summed E-state index contributed by atoms with van der Waals surface area (Å²) < 4.78 is 15.4. The van der Waals surface area contributed by atoms with Gasteiger partial charge in [-0.05, 0) is 31.5 Å². The number of fused-ring (bicyclic) bond motifs is 1. The normalized spacial score (nSPS) is 12.2. The zero-order valence-electron chi connectivity index (χ0n) is 16.0. The summed E-state index contributed by atoms with van der Waals surface area (Å²) in [6, 6.07) is 14.0. The fourth-order valence-corrected chi connectivity index (χ4v) is 3.20. The molecule has 1 amide bonds. The van der Waals surface area contributed by atoms with Gasteiger partial charge < -0.3 is 10.3 Å². The zero-order valence-corrected chi connectivity index (χ0v) is 16.0. The quantitative estimate of drug-likeness (QED) is 0.473. The summed E-state index contributed by atoms with van der Waals surface area (Å²) in [6.45, 7) is 2.30. The third-order valence-electron chi connectivity index (χ3n) is 4.81. The van der Waals surface area contributed by atoms with Crippen LogP contribution in [0.15, 0.2) is 54.7 Å². The number of carbonyl (C=O) groups is 1. The van der Waals surface area contributed by atoms with Crippen molar-refractivity contribution in [1.82, 2.24) is 30.3 Å². The summed E-state index contributed by atoms with van der Waals surface area (Å²) in [5.41, 5.74) is 2.64. The van der Waals surface area contributed by atoms with Crippen molar-refractivity contribution < 1.29 is 9.18 Å². The van der Waals surface area contributed by atoms with E-state index in [1.54, 1.807) is 18.2 Å². The molecule has 7 nitrogen and oxygen atoms in total. The van der Waals surface area contributed by atoms with Crippen LogP contribution in [0, 0.1) is 5.82 Å². The molecule has 2 heterocycles. The summed E-state index contributed by atoms with van der Waals surface area (Å²) in [6.07, 6.45) is 3.00. The van der Waals surface area contributed by atoms with Crippen LogP contribution in [-0.4, -0.2) is 37.4 Å². The number of rotatable bonds is 7. The van der Waals surface area contributed by atoms with Gasteiger partial charge in [-0.2, -0.15) is 0 Å². The number of carbonyl (C=O) groups excluding carboxylic acids is 1. The molecule has 0 bridgehead atoms. The lowest BCUT2D eigenvalue weighted by atomic mass is 10.1. The van der Waals surface area contributed by atoms with Crippen LogP contribution in [0.25, 0.3) is 11.0 Å². The van der Waals surface area contributed by atoms with E-state index in [-0.39, 0.29) is 23.5 Å². The number of aromatic amines is 1. The van der Waals surface area contributed by atoms with Gasteiger partial charge in [-0.15, -0.1) is 5.10 Å². The highest BCUT2D eigenvalue weighted by Crippen LogP contribution is 2.19. The van der Waals surface area contributed by atoms with Gasteiger partial charge in [0.15, 0.2) is 5.69 Å². The summed E-state index contributed by atoms with van der Waals surface area (Å²) in [5.74, 6) is 0.277. The highest BCUT2D eigenvalue weighted by atomic mass is 19.1. The molecule has 29 heavy (non-hydrogen) atoms. The van der Waals surface area contributed by atoms with Gasteiger partial charge in [-0.1, -0.05) is 35.5 Å². The monoisotopic (exact) mass is 392 g/mol. The van der Waals surface area contributed by atoms with E-state index in [9.17, 15) is 9.18 Å². The molecule has 0 aliphatic rings. The van der Waals surface area contributed by atoms with Crippen LogP contribution in [-0.2, 0) is 6.42 Å². The molecule has 0 fully saturated rings. The minimum Gasteiger partial charge on any atom is -0.351 e. The third-order valence-corrected chi connectivity index (χ3v) is 4.81. The van der Waals surface area contributed by atoms with Crippen LogP contribution in [0.3, 0.4) is 0 Å². The second-order valence-electron chi connectivity index (χ2n) is 6.84. The first-order valence-corrected chi connectivity index (χ1v) is 9.50. The predicted octanol–water partition coefficient (Wildman–Crippen LogP) is 3.27. The zero-order chi connectivity index (χ0) is 20.2. The Labute approximate surface area is 167 Å². The second-order valence-corrected chi connectivity index (χ2v) is 6.84. The lowest BCUT2D eigenvalue weighted by Crippen LogP contribution is -2.25. The van der Waals surface area contributed by atoms with E-state index in [1.165, 1.54) is 16.9 Å². The van der Waals surface area contributed by atoms with Gasteiger partial charge in [0, 0.05) is 18.5 Å². The fourth-order valence-electron chi connectivity index (χ4n) is 3.20. The second kappa shape index (κ2) is 8.22. The van der Waals surface area contributed by atoms with Crippen LogP contribution >= 0.6 is 0 Å². The number of aryl methyl sites for hydroxylation is 1. The number of aromatic nitrogens is 5. The number of halogens is 1. The van der Waals surface area contributed by atoms with Crippen molar-refractivity contribution in [2.75, 3.05) is 6.54 Å². The maximum atomic E-state index is 14.0. The fraction of sp³-hybridized carbons (Fsp3) is 0.238. The van der Waals surface area contributed by atoms with E-state index in [1.807, 2.05) is 31.2 Å². The first-order chi connectivity index (χ1) is 14.1. The van der Waals surface area contributed by atoms with Gasteiger partial charge in [-0.3, -0.25) is 4.79 Å².